The number of nitrogens with one attached hydrogen (secondary N) is 1. The standard InChI is InChI=1S/C19H21FN4O2/c20-16-6-2-1-5-15(16)14-22-18(25)13-19(26)24-11-9-23(10-12-24)17-7-3-4-8-21-17/h1-8H,9-14H2,(H,22,25). The molecular formula is C19H21FN4O2. The predicted octanol–water partition coefficient (Wildman–Crippen LogP) is 1.58. The first kappa shape index (κ1) is 17.8. The van der Waals surface area contributed by atoms with Crippen LogP contribution >= 0.6 is 0 Å². The molecular weight excluding hydrogens is 335 g/mol. The van der Waals surface area contributed by atoms with Gasteiger partial charge in [-0.25, -0.2) is 9.37 Å². The van der Waals surface area contributed by atoms with Crippen molar-refractivity contribution in [3.63, 3.8) is 0 Å². The lowest BCUT2D eigenvalue weighted by Crippen LogP contribution is -2.49. The summed E-state index contributed by atoms with van der Waals surface area (Å²) >= 11 is 0. The van der Waals surface area contributed by atoms with E-state index >= 15 is 0 Å². The summed E-state index contributed by atoms with van der Waals surface area (Å²) in [6.07, 6.45) is 1.52. The van der Waals surface area contributed by atoms with E-state index < -0.39 is 5.91 Å². The van der Waals surface area contributed by atoms with Gasteiger partial charge in [-0.05, 0) is 18.2 Å². The zero-order chi connectivity index (χ0) is 18.4. The summed E-state index contributed by atoms with van der Waals surface area (Å²) in [5.41, 5.74) is 0.400. The van der Waals surface area contributed by atoms with Crippen molar-refractivity contribution in [3.05, 3.63) is 60.0 Å². The van der Waals surface area contributed by atoms with Crippen molar-refractivity contribution in [2.24, 2.45) is 0 Å². The van der Waals surface area contributed by atoms with Crippen LogP contribution in [0.25, 0.3) is 0 Å². The molecule has 0 aliphatic carbocycles. The lowest BCUT2D eigenvalue weighted by molar-refractivity contribution is -0.136. The van der Waals surface area contributed by atoms with Gasteiger partial charge in [-0.1, -0.05) is 24.3 Å². The molecule has 2 aromatic rings. The minimum Gasteiger partial charge on any atom is -0.353 e. The lowest BCUT2D eigenvalue weighted by atomic mass is 10.2. The summed E-state index contributed by atoms with van der Waals surface area (Å²) in [5.74, 6) is -0.0888. The van der Waals surface area contributed by atoms with E-state index in [9.17, 15) is 14.0 Å². The number of halogens is 1. The molecule has 0 bridgehead atoms. The van der Waals surface area contributed by atoms with Crippen LogP contribution in [0.3, 0.4) is 0 Å². The third-order valence-corrected chi connectivity index (χ3v) is 4.35. The molecule has 6 nitrogen and oxygen atoms in total. The number of hydrogen-bond acceptors (Lipinski definition) is 4. The molecule has 7 heteroatoms. The topological polar surface area (TPSA) is 65.5 Å². The van der Waals surface area contributed by atoms with Crippen LogP contribution in [0.15, 0.2) is 48.7 Å². The number of piperazine rings is 1. The maximum atomic E-state index is 13.5. The van der Waals surface area contributed by atoms with Crippen LogP contribution in [-0.4, -0.2) is 47.9 Å². The normalized spacial score (nSPS) is 14.2. The molecule has 1 aliphatic heterocycles. The summed E-state index contributed by atoms with van der Waals surface area (Å²) in [7, 11) is 0. The van der Waals surface area contributed by atoms with E-state index in [4.69, 9.17) is 0 Å². The van der Waals surface area contributed by atoms with Gasteiger partial charge in [0.25, 0.3) is 0 Å². The van der Waals surface area contributed by atoms with Crippen molar-refractivity contribution < 1.29 is 14.0 Å². The highest BCUT2D eigenvalue weighted by Gasteiger charge is 2.23. The van der Waals surface area contributed by atoms with Crippen molar-refractivity contribution in [1.29, 1.82) is 0 Å². The van der Waals surface area contributed by atoms with Crippen LogP contribution in [0.2, 0.25) is 0 Å². The first-order valence-corrected chi connectivity index (χ1v) is 8.57. The number of carbonyl (C=O) groups is 2. The molecule has 1 fully saturated rings. The quantitative estimate of drug-likeness (QED) is 0.826. The fourth-order valence-corrected chi connectivity index (χ4v) is 2.87. The number of amides is 2. The van der Waals surface area contributed by atoms with E-state index in [1.807, 2.05) is 18.2 Å². The average molecular weight is 356 g/mol. The summed E-state index contributed by atoms with van der Waals surface area (Å²) in [5, 5.41) is 2.60. The smallest absolute Gasteiger partial charge is 0.232 e. The van der Waals surface area contributed by atoms with Gasteiger partial charge in [0.2, 0.25) is 11.8 Å². The lowest BCUT2D eigenvalue weighted by Gasteiger charge is -2.35. The van der Waals surface area contributed by atoms with Crippen LogP contribution in [0.5, 0.6) is 0 Å². The van der Waals surface area contributed by atoms with Gasteiger partial charge in [0.05, 0.1) is 0 Å². The van der Waals surface area contributed by atoms with Gasteiger partial charge in [-0.15, -0.1) is 0 Å². The van der Waals surface area contributed by atoms with E-state index in [0.717, 1.165) is 5.82 Å². The number of pyridine rings is 1. The Bertz CT molecular complexity index is 761. The third-order valence-electron chi connectivity index (χ3n) is 4.35. The maximum absolute atomic E-state index is 13.5. The average Bonchev–Trinajstić information content (AvgIpc) is 2.68. The second kappa shape index (κ2) is 8.42. The molecule has 0 radical (unpaired) electrons. The zero-order valence-corrected chi connectivity index (χ0v) is 14.4. The first-order chi connectivity index (χ1) is 12.6. The number of benzene rings is 1. The van der Waals surface area contributed by atoms with Gasteiger partial charge in [-0.3, -0.25) is 9.59 Å². The Hall–Kier alpha value is -2.96. The van der Waals surface area contributed by atoms with Crippen LogP contribution in [0.1, 0.15) is 12.0 Å². The predicted molar refractivity (Wildman–Crippen MR) is 95.9 cm³/mol. The summed E-state index contributed by atoms with van der Waals surface area (Å²) in [6.45, 7) is 2.54. The monoisotopic (exact) mass is 356 g/mol. The van der Waals surface area contributed by atoms with Gasteiger partial charge in [0.15, 0.2) is 0 Å². The molecule has 1 aromatic heterocycles. The van der Waals surface area contributed by atoms with Crippen LogP contribution < -0.4 is 10.2 Å². The van der Waals surface area contributed by atoms with Crippen molar-refractivity contribution in [3.8, 4) is 0 Å². The molecule has 0 spiro atoms. The van der Waals surface area contributed by atoms with Gasteiger partial charge in [0.1, 0.15) is 18.1 Å². The first-order valence-electron chi connectivity index (χ1n) is 8.57. The number of aromatic nitrogens is 1. The number of hydrogen-bond donors (Lipinski definition) is 1. The number of rotatable bonds is 5. The number of anilines is 1. The second-order valence-corrected chi connectivity index (χ2v) is 6.10. The molecule has 1 N–H and O–H groups in total. The fraction of sp³-hybridized carbons (Fsp3) is 0.316. The van der Waals surface area contributed by atoms with Crippen LogP contribution in [0.4, 0.5) is 10.2 Å². The Morgan fingerprint density at radius 2 is 1.77 bits per heavy atom. The molecule has 0 saturated carbocycles. The highest BCUT2D eigenvalue weighted by Crippen LogP contribution is 2.13. The van der Waals surface area contributed by atoms with Crippen LogP contribution in [0, 0.1) is 5.82 Å². The third kappa shape index (κ3) is 4.56. The Balaban J connectivity index is 1.44. The zero-order valence-electron chi connectivity index (χ0n) is 14.4. The number of carbonyl (C=O) groups excluding carboxylic acids is 2. The SMILES string of the molecule is O=C(CC(=O)N1CCN(c2ccccn2)CC1)NCc1ccccc1F. The minimum absolute atomic E-state index is 0.0756. The molecule has 1 saturated heterocycles. The van der Waals surface area contributed by atoms with Crippen molar-refractivity contribution in [2.45, 2.75) is 13.0 Å². The summed E-state index contributed by atoms with van der Waals surface area (Å²) < 4.78 is 13.5. The van der Waals surface area contributed by atoms with Crippen molar-refractivity contribution >= 4 is 17.6 Å². The van der Waals surface area contributed by atoms with Gasteiger partial charge >= 0.3 is 0 Å². The highest BCUT2D eigenvalue weighted by atomic mass is 19.1. The Morgan fingerprint density at radius 1 is 1.04 bits per heavy atom. The molecule has 3 rings (SSSR count). The van der Waals surface area contributed by atoms with Crippen molar-refractivity contribution in [2.75, 3.05) is 31.1 Å². The number of nitrogens with zero attached hydrogens (tertiary/aromatic N) is 3. The molecule has 2 amide bonds. The maximum Gasteiger partial charge on any atom is 0.232 e. The molecule has 0 atom stereocenters. The second-order valence-electron chi connectivity index (χ2n) is 6.10. The Labute approximate surface area is 151 Å². The highest BCUT2D eigenvalue weighted by molar-refractivity contribution is 5.96. The summed E-state index contributed by atoms with van der Waals surface area (Å²) in [4.78, 5) is 32.4. The van der Waals surface area contributed by atoms with Crippen molar-refractivity contribution in [1.82, 2.24) is 15.2 Å². The fourth-order valence-electron chi connectivity index (χ4n) is 2.87. The largest absolute Gasteiger partial charge is 0.353 e. The Morgan fingerprint density at radius 3 is 2.46 bits per heavy atom. The Kier molecular flexibility index (Phi) is 5.78. The van der Waals surface area contributed by atoms with Gasteiger partial charge in [-0.2, -0.15) is 0 Å². The summed E-state index contributed by atoms with van der Waals surface area (Å²) in [6, 6.07) is 12.0. The van der Waals surface area contributed by atoms with E-state index in [1.54, 1.807) is 29.3 Å². The molecule has 2 heterocycles. The minimum atomic E-state index is -0.398. The molecule has 26 heavy (non-hydrogen) atoms. The molecule has 1 aromatic carbocycles. The molecule has 0 unspecified atom stereocenters. The molecule has 136 valence electrons. The van der Waals surface area contributed by atoms with E-state index in [-0.39, 0.29) is 24.7 Å². The van der Waals surface area contributed by atoms with E-state index in [0.29, 0.717) is 31.7 Å². The van der Waals surface area contributed by atoms with Crippen LogP contribution in [-0.2, 0) is 16.1 Å². The van der Waals surface area contributed by atoms with E-state index in [2.05, 4.69) is 15.2 Å². The molecule has 1 aliphatic rings. The van der Waals surface area contributed by atoms with E-state index in [1.165, 1.54) is 6.07 Å². The van der Waals surface area contributed by atoms with Gasteiger partial charge < -0.3 is 15.1 Å². The van der Waals surface area contributed by atoms with Gasteiger partial charge in [0, 0.05) is 44.5 Å².